The lowest BCUT2D eigenvalue weighted by Crippen LogP contribution is -2.15. The number of halogens is 1. The summed E-state index contributed by atoms with van der Waals surface area (Å²) < 4.78 is 1.66. The molecule has 0 aliphatic heterocycles. The van der Waals surface area contributed by atoms with Gasteiger partial charge in [-0.1, -0.05) is 54.1 Å². The van der Waals surface area contributed by atoms with Crippen molar-refractivity contribution in [3.05, 3.63) is 83.0 Å². The summed E-state index contributed by atoms with van der Waals surface area (Å²) in [6, 6.07) is 19.7. The Kier molecular flexibility index (Phi) is 5.79. The number of amides is 1. The van der Waals surface area contributed by atoms with Gasteiger partial charge in [-0.15, -0.1) is 11.8 Å². The van der Waals surface area contributed by atoms with Crippen LogP contribution in [0.1, 0.15) is 16.4 Å². The fourth-order valence-corrected chi connectivity index (χ4v) is 3.69. The van der Waals surface area contributed by atoms with Gasteiger partial charge in [-0.05, 0) is 23.3 Å². The molecule has 0 spiro atoms. The Morgan fingerprint density at radius 1 is 1.12 bits per heavy atom. The third kappa shape index (κ3) is 4.87. The highest BCUT2D eigenvalue weighted by atomic mass is 35.5. The molecule has 1 amide bonds. The van der Waals surface area contributed by atoms with Gasteiger partial charge in [-0.25, -0.2) is 0 Å². The number of thioether (sulfide) groups is 1. The third-order valence-corrected chi connectivity index (χ3v) is 5.20. The van der Waals surface area contributed by atoms with Gasteiger partial charge in [0.2, 0.25) is 5.91 Å². The summed E-state index contributed by atoms with van der Waals surface area (Å²) in [6.45, 7) is 0. The molecule has 0 fully saturated rings. The molecule has 0 aliphatic carbocycles. The fraction of sp³-hybridized carbons (Fsp3) is 0.158. The molecule has 2 aromatic carbocycles. The zero-order valence-electron chi connectivity index (χ0n) is 13.7. The number of nitrogens with zero attached hydrogens (tertiary/aromatic N) is 2. The van der Waals surface area contributed by atoms with E-state index < -0.39 is 0 Å². The SMILES string of the molecule is Cn1ccc(NC(=O)CS[C@H](c2ccccc2)c2ccc(Cl)cc2)n1. The Morgan fingerprint density at radius 3 is 2.44 bits per heavy atom. The summed E-state index contributed by atoms with van der Waals surface area (Å²) in [6.07, 6.45) is 1.79. The highest BCUT2D eigenvalue weighted by Crippen LogP contribution is 2.36. The zero-order chi connectivity index (χ0) is 17.6. The molecule has 0 bridgehead atoms. The summed E-state index contributed by atoms with van der Waals surface area (Å²) in [5.41, 5.74) is 2.27. The van der Waals surface area contributed by atoms with Gasteiger partial charge in [0.25, 0.3) is 0 Å². The van der Waals surface area contributed by atoms with Crippen LogP contribution in [0.4, 0.5) is 5.82 Å². The van der Waals surface area contributed by atoms with Gasteiger partial charge in [-0.3, -0.25) is 9.48 Å². The second kappa shape index (κ2) is 8.23. The molecule has 0 radical (unpaired) electrons. The van der Waals surface area contributed by atoms with Gasteiger partial charge in [0.15, 0.2) is 5.82 Å². The van der Waals surface area contributed by atoms with E-state index in [4.69, 9.17) is 11.6 Å². The van der Waals surface area contributed by atoms with Gasteiger partial charge in [-0.2, -0.15) is 5.10 Å². The second-order valence-electron chi connectivity index (χ2n) is 5.58. The van der Waals surface area contributed by atoms with E-state index in [0.29, 0.717) is 16.6 Å². The van der Waals surface area contributed by atoms with Crippen LogP contribution in [0.5, 0.6) is 0 Å². The average Bonchev–Trinajstić information content (AvgIpc) is 3.02. The van der Waals surface area contributed by atoms with Crippen molar-refractivity contribution < 1.29 is 4.79 Å². The second-order valence-corrected chi connectivity index (χ2v) is 7.11. The molecule has 1 atom stereocenters. The highest BCUT2D eigenvalue weighted by molar-refractivity contribution is 8.00. The first-order chi connectivity index (χ1) is 12.1. The molecule has 1 aromatic heterocycles. The van der Waals surface area contributed by atoms with Gasteiger partial charge in [0, 0.05) is 24.3 Å². The number of benzene rings is 2. The number of anilines is 1. The van der Waals surface area contributed by atoms with E-state index in [-0.39, 0.29) is 11.2 Å². The number of rotatable bonds is 6. The van der Waals surface area contributed by atoms with E-state index in [2.05, 4.69) is 22.5 Å². The number of hydrogen-bond acceptors (Lipinski definition) is 3. The van der Waals surface area contributed by atoms with E-state index in [1.807, 2.05) is 49.5 Å². The van der Waals surface area contributed by atoms with Crippen LogP contribution in [0.15, 0.2) is 66.9 Å². The lowest BCUT2D eigenvalue weighted by atomic mass is 10.0. The number of aryl methyl sites for hydroxylation is 1. The Bertz CT molecular complexity index is 833. The molecule has 4 nitrogen and oxygen atoms in total. The zero-order valence-corrected chi connectivity index (χ0v) is 15.3. The molecule has 0 saturated carbocycles. The molecule has 0 aliphatic rings. The quantitative estimate of drug-likeness (QED) is 0.692. The third-order valence-electron chi connectivity index (χ3n) is 3.64. The Hall–Kier alpha value is -2.24. The van der Waals surface area contributed by atoms with Crippen molar-refractivity contribution in [2.24, 2.45) is 7.05 Å². The van der Waals surface area contributed by atoms with E-state index in [0.717, 1.165) is 11.1 Å². The molecule has 1 N–H and O–H groups in total. The topological polar surface area (TPSA) is 46.9 Å². The molecule has 3 aromatic rings. The van der Waals surface area contributed by atoms with E-state index >= 15 is 0 Å². The van der Waals surface area contributed by atoms with Crippen molar-refractivity contribution in [2.45, 2.75) is 5.25 Å². The standard InChI is InChI=1S/C19H18ClN3OS/c1-23-12-11-17(22-23)21-18(24)13-25-19(14-5-3-2-4-6-14)15-7-9-16(20)10-8-15/h2-12,19H,13H2,1H3,(H,21,22,24)/t19-/m1/s1. The monoisotopic (exact) mass is 371 g/mol. The maximum Gasteiger partial charge on any atom is 0.235 e. The number of nitrogens with one attached hydrogen (secondary N) is 1. The predicted molar refractivity (Wildman–Crippen MR) is 104 cm³/mol. The largest absolute Gasteiger partial charge is 0.308 e. The van der Waals surface area contributed by atoms with Crippen LogP contribution in [0.25, 0.3) is 0 Å². The predicted octanol–water partition coefficient (Wildman–Crippen LogP) is 4.53. The Morgan fingerprint density at radius 2 is 1.80 bits per heavy atom. The van der Waals surface area contributed by atoms with Crippen molar-refractivity contribution in [3.63, 3.8) is 0 Å². The van der Waals surface area contributed by atoms with Crippen LogP contribution in [-0.2, 0) is 11.8 Å². The molecule has 6 heteroatoms. The number of aromatic nitrogens is 2. The van der Waals surface area contributed by atoms with Crippen LogP contribution in [0.2, 0.25) is 5.02 Å². The number of carbonyl (C=O) groups is 1. The number of carbonyl (C=O) groups excluding carboxylic acids is 1. The minimum Gasteiger partial charge on any atom is -0.308 e. The van der Waals surface area contributed by atoms with E-state index in [1.54, 1.807) is 28.7 Å². The molecular formula is C19H18ClN3OS. The lowest BCUT2D eigenvalue weighted by Gasteiger charge is -2.17. The minimum atomic E-state index is -0.0707. The number of hydrogen-bond donors (Lipinski definition) is 1. The Balaban J connectivity index is 1.71. The molecule has 0 saturated heterocycles. The van der Waals surface area contributed by atoms with Crippen molar-refractivity contribution in [3.8, 4) is 0 Å². The molecule has 3 rings (SSSR count). The van der Waals surface area contributed by atoms with Crippen LogP contribution >= 0.6 is 23.4 Å². The van der Waals surface area contributed by atoms with Gasteiger partial charge in [0.1, 0.15) is 0 Å². The molecule has 25 heavy (non-hydrogen) atoms. The summed E-state index contributed by atoms with van der Waals surface area (Å²) in [5.74, 6) is 0.827. The maximum atomic E-state index is 12.2. The minimum absolute atomic E-state index is 0.0629. The average molecular weight is 372 g/mol. The lowest BCUT2D eigenvalue weighted by molar-refractivity contribution is -0.113. The van der Waals surface area contributed by atoms with Gasteiger partial charge < -0.3 is 5.32 Å². The molecule has 0 unspecified atom stereocenters. The summed E-state index contributed by atoms with van der Waals surface area (Å²) in [4.78, 5) is 12.2. The van der Waals surface area contributed by atoms with E-state index in [9.17, 15) is 4.79 Å². The van der Waals surface area contributed by atoms with Crippen LogP contribution in [0, 0.1) is 0 Å². The van der Waals surface area contributed by atoms with E-state index in [1.165, 1.54) is 0 Å². The Labute approximate surface area is 156 Å². The maximum absolute atomic E-state index is 12.2. The van der Waals surface area contributed by atoms with Crippen molar-refractivity contribution >= 4 is 35.1 Å². The first-order valence-corrected chi connectivity index (χ1v) is 9.26. The smallest absolute Gasteiger partial charge is 0.235 e. The fourth-order valence-electron chi connectivity index (χ4n) is 2.47. The van der Waals surface area contributed by atoms with Gasteiger partial charge >= 0.3 is 0 Å². The van der Waals surface area contributed by atoms with Crippen molar-refractivity contribution in [2.75, 3.05) is 11.1 Å². The van der Waals surface area contributed by atoms with Gasteiger partial charge in [0.05, 0.1) is 11.0 Å². The van der Waals surface area contributed by atoms with Crippen LogP contribution in [-0.4, -0.2) is 21.4 Å². The molecule has 1 heterocycles. The first-order valence-electron chi connectivity index (χ1n) is 7.83. The molecule has 128 valence electrons. The summed E-state index contributed by atoms with van der Waals surface area (Å²) in [5, 5.41) is 7.75. The summed E-state index contributed by atoms with van der Waals surface area (Å²) >= 11 is 7.58. The van der Waals surface area contributed by atoms with Crippen LogP contribution < -0.4 is 5.32 Å². The summed E-state index contributed by atoms with van der Waals surface area (Å²) in [7, 11) is 1.82. The normalized spacial score (nSPS) is 11.9. The first kappa shape index (κ1) is 17.6. The molecular weight excluding hydrogens is 354 g/mol. The van der Waals surface area contributed by atoms with Crippen LogP contribution in [0.3, 0.4) is 0 Å². The highest BCUT2D eigenvalue weighted by Gasteiger charge is 2.17. The van der Waals surface area contributed by atoms with Crippen molar-refractivity contribution in [1.29, 1.82) is 0 Å². The van der Waals surface area contributed by atoms with Crippen molar-refractivity contribution in [1.82, 2.24) is 9.78 Å².